The van der Waals surface area contributed by atoms with Gasteiger partial charge in [0.05, 0.1) is 0 Å². The van der Waals surface area contributed by atoms with Crippen LogP contribution in [0.5, 0.6) is 11.5 Å². The molecular formula is C25H27BrClNO2. The molecular weight excluding hydrogens is 462 g/mol. The van der Waals surface area contributed by atoms with Crippen molar-refractivity contribution in [1.29, 1.82) is 0 Å². The minimum Gasteiger partial charge on any atom is -0.508 e. The van der Waals surface area contributed by atoms with E-state index >= 15 is 0 Å². The first-order chi connectivity index (χ1) is 14.1. The molecule has 2 N–H and O–H groups in total. The number of phenols is 1. The molecule has 0 bridgehead atoms. The zero-order valence-electron chi connectivity index (χ0n) is 16.9. The second-order valence-electron chi connectivity index (χ2n) is 7.72. The first kappa shape index (κ1) is 22.7. The highest BCUT2D eigenvalue weighted by atomic mass is 79.9. The number of likely N-dealkylation sites (N-methyl/N-ethyl adjacent to an activating group) is 1. The summed E-state index contributed by atoms with van der Waals surface area (Å²) in [5.41, 5.74) is 3.58. The maximum absolute atomic E-state index is 10.0. The normalized spacial score (nSPS) is 18.6. The Hall–Kier alpha value is -2.01. The molecule has 3 atom stereocenters. The highest BCUT2D eigenvalue weighted by Crippen LogP contribution is 2.47. The van der Waals surface area contributed by atoms with Gasteiger partial charge in [-0.25, -0.2) is 0 Å². The third kappa shape index (κ3) is 5.18. The van der Waals surface area contributed by atoms with Gasteiger partial charge in [0.25, 0.3) is 0 Å². The van der Waals surface area contributed by atoms with Crippen LogP contribution < -0.4 is 10.1 Å². The molecule has 1 aliphatic heterocycles. The Balaban J connectivity index is 0.00000256. The van der Waals surface area contributed by atoms with Crippen molar-refractivity contribution in [2.45, 2.75) is 30.8 Å². The maximum atomic E-state index is 10.0. The van der Waals surface area contributed by atoms with Crippen LogP contribution in [-0.2, 0) is 0 Å². The minimum absolute atomic E-state index is 0. The van der Waals surface area contributed by atoms with Crippen molar-refractivity contribution in [3.05, 3.63) is 94.5 Å². The molecule has 0 fully saturated rings. The molecule has 0 saturated heterocycles. The van der Waals surface area contributed by atoms with Crippen molar-refractivity contribution >= 4 is 28.6 Å². The average molecular weight is 489 g/mol. The van der Waals surface area contributed by atoms with Gasteiger partial charge in [0.15, 0.2) is 0 Å². The number of hydrogen-bond acceptors (Lipinski definition) is 3. The number of benzene rings is 3. The van der Waals surface area contributed by atoms with Crippen LogP contribution in [-0.4, -0.2) is 18.7 Å². The standard InChI is InChI=1S/C25H26ClNO2.BrH/c1-27-16-20(18-8-5-9-21(26)13-18)12-19-14-24(17-6-3-2-4-7-17)29-25-15-22(28)10-11-23(19)25;/h2-11,13,15,19-20,24,27-28H,12,14,16H2,1H3;1H. The summed E-state index contributed by atoms with van der Waals surface area (Å²) in [6.07, 6.45) is 1.86. The number of phenolic OH excluding ortho intramolecular Hbond substituents is 1. The molecule has 3 aromatic carbocycles. The number of fused-ring (bicyclic) bond motifs is 1. The second kappa shape index (κ2) is 10.3. The zero-order valence-corrected chi connectivity index (χ0v) is 19.4. The molecule has 0 spiro atoms. The summed E-state index contributed by atoms with van der Waals surface area (Å²) in [4.78, 5) is 0. The van der Waals surface area contributed by atoms with E-state index in [9.17, 15) is 5.11 Å². The number of rotatable bonds is 6. The van der Waals surface area contributed by atoms with Crippen molar-refractivity contribution in [3.8, 4) is 11.5 Å². The lowest BCUT2D eigenvalue weighted by atomic mass is 9.79. The number of nitrogens with one attached hydrogen (secondary N) is 1. The fourth-order valence-corrected chi connectivity index (χ4v) is 4.53. The lowest BCUT2D eigenvalue weighted by molar-refractivity contribution is 0.155. The SMILES string of the molecule is Br.CNCC(CC1CC(c2ccccc2)Oc2cc(O)ccc21)c1cccc(Cl)c1. The summed E-state index contributed by atoms with van der Waals surface area (Å²) in [6, 6.07) is 24.0. The quantitative estimate of drug-likeness (QED) is 0.409. The Morgan fingerprint density at radius 3 is 2.60 bits per heavy atom. The number of hydrogen-bond donors (Lipinski definition) is 2. The summed E-state index contributed by atoms with van der Waals surface area (Å²) < 4.78 is 6.30. The molecule has 1 heterocycles. The van der Waals surface area contributed by atoms with Gasteiger partial charge >= 0.3 is 0 Å². The first-order valence-corrected chi connectivity index (χ1v) is 10.5. The monoisotopic (exact) mass is 487 g/mol. The van der Waals surface area contributed by atoms with Gasteiger partial charge in [0.2, 0.25) is 0 Å². The predicted octanol–water partition coefficient (Wildman–Crippen LogP) is 6.62. The van der Waals surface area contributed by atoms with Crippen molar-refractivity contribution in [2.75, 3.05) is 13.6 Å². The third-order valence-electron chi connectivity index (χ3n) is 5.72. The molecule has 3 unspecified atom stereocenters. The molecule has 0 aliphatic carbocycles. The van der Waals surface area contributed by atoms with E-state index in [2.05, 4.69) is 29.6 Å². The number of ether oxygens (including phenoxy) is 1. The smallest absolute Gasteiger partial charge is 0.127 e. The van der Waals surface area contributed by atoms with E-state index in [0.29, 0.717) is 11.8 Å². The minimum atomic E-state index is -0.0231. The van der Waals surface area contributed by atoms with Crippen LogP contribution in [0.3, 0.4) is 0 Å². The highest BCUT2D eigenvalue weighted by molar-refractivity contribution is 8.93. The largest absolute Gasteiger partial charge is 0.508 e. The molecule has 0 radical (unpaired) electrons. The van der Waals surface area contributed by atoms with E-state index < -0.39 is 0 Å². The van der Waals surface area contributed by atoms with Crippen molar-refractivity contribution in [2.24, 2.45) is 0 Å². The van der Waals surface area contributed by atoms with E-state index in [4.69, 9.17) is 16.3 Å². The highest BCUT2D eigenvalue weighted by Gasteiger charge is 2.31. The predicted molar refractivity (Wildman–Crippen MR) is 128 cm³/mol. The zero-order chi connectivity index (χ0) is 20.2. The van der Waals surface area contributed by atoms with Gasteiger partial charge in [0.1, 0.15) is 17.6 Å². The van der Waals surface area contributed by atoms with E-state index in [-0.39, 0.29) is 28.8 Å². The van der Waals surface area contributed by atoms with Gasteiger partial charge in [-0.05, 0) is 66.6 Å². The third-order valence-corrected chi connectivity index (χ3v) is 5.95. The van der Waals surface area contributed by atoms with E-state index in [1.165, 1.54) is 11.1 Å². The van der Waals surface area contributed by atoms with E-state index in [1.54, 1.807) is 12.1 Å². The molecule has 0 amide bonds. The van der Waals surface area contributed by atoms with Crippen LogP contribution in [0.2, 0.25) is 5.02 Å². The van der Waals surface area contributed by atoms with Crippen LogP contribution in [0, 0.1) is 0 Å². The Morgan fingerprint density at radius 2 is 1.87 bits per heavy atom. The molecule has 1 aliphatic rings. The fraction of sp³-hybridized carbons (Fsp3) is 0.280. The van der Waals surface area contributed by atoms with Crippen molar-refractivity contribution < 1.29 is 9.84 Å². The van der Waals surface area contributed by atoms with Crippen LogP contribution in [0.4, 0.5) is 0 Å². The number of aromatic hydroxyl groups is 1. The van der Waals surface area contributed by atoms with Crippen LogP contribution in [0.15, 0.2) is 72.8 Å². The lowest BCUT2D eigenvalue weighted by Crippen LogP contribution is -2.24. The fourth-order valence-electron chi connectivity index (χ4n) is 4.33. The van der Waals surface area contributed by atoms with Gasteiger partial charge in [0, 0.05) is 17.6 Å². The second-order valence-corrected chi connectivity index (χ2v) is 8.15. The summed E-state index contributed by atoms with van der Waals surface area (Å²) in [5, 5.41) is 14.1. The molecule has 5 heteroatoms. The molecule has 3 aromatic rings. The molecule has 30 heavy (non-hydrogen) atoms. The lowest BCUT2D eigenvalue weighted by Gasteiger charge is -2.34. The van der Waals surface area contributed by atoms with Crippen molar-refractivity contribution in [3.63, 3.8) is 0 Å². The Kier molecular flexibility index (Phi) is 7.81. The van der Waals surface area contributed by atoms with Crippen molar-refractivity contribution in [1.82, 2.24) is 5.32 Å². The summed E-state index contributed by atoms with van der Waals surface area (Å²) in [5.74, 6) is 1.67. The molecule has 4 rings (SSSR count). The molecule has 0 saturated carbocycles. The van der Waals surface area contributed by atoms with Gasteiger partial charge < -0.3 is 15.2 Å². The van der Waals surface area contributed by atoms with Gasteiger partial charge in [-0.15, -0.1) is 17.0 Å². The van der Waals surface area contributed by atoms with E-state index in [0.717, 1.165) is 35.7 Å². The maximum Gasteiger partial charge on any atom is 0.127 e. The molecule has 158 valence electrons. The number of halogens is 2. The Bertz CT molecular complexity index is 966. The summed E-state index contributed by atoms with van der Waals surface area (Å²) in [7, 11) is 1.99. The van der Waals surface area contributed by atoms with Crippen LogP contribution >= 0.6 is 28.6 Å². The van der Waals surface area contributed by atoms with Crippen LogP contribution in [0.25, 0.3) is 0 Å². The molecule has 0 aromatic heterocycles. The summed E-state index contributed by atoms with van der Waals surface area (Å²) in [6.45, 7) is 0.876. The van der Waals surface area contributed by atoms with Gasteiger partial charge in [-0.1, -0.05) is 60.1 Å². The van der Waals surface area contributed by atoms with Gasteiger partial charge in [-0.2, -0.15) is 0 Å². The Morgan fingerprint density at radius 1 is 1.07 bits per heavy atom. The van der Waals surface area contributed by atoms with Gasteiger partial charge in [-0.3, -0.25) is 0 Å². The molecule has 3 nitrogen and oxygen atoms in total. The summed E-state index contributed by atoms with van der Waals surface area (Å²) >= 11 is 6.27. The average Bonchev–Trinajstić information content (AvgIpc) is 2.73. The topological polar surface area (TPSA) is 41.5 Å². The Labute approximate surface area is 193 Å². The van der Waals surface area contributed by atoms with Crippen LogP contribution in [0.1, 0.15) is 47.5 Å². The van der Waals surface area contributed by atoms with E-state index in [1.807, 2.05) is 43.4 Å². The first-order valence-electron chi connectivity index (χ1n) is 10.1.